The molecule has 11 heavy (non-hydrogen) atoms. The van der Waals surface area contributed by atoms with Crippen molar-refractivity contribution in [2.45, 2.75) is 12.8 Å². The Balaban J connectivity index is 0. The van der Waals surface area contributed by atoms with E-state index in [0.29, 0.717) is 5.41 Å². The Kier molecular flexibility index (Phi) is 6.64. The van der Waals surface area contributed by atoms with Crippen LogP contribution in [-0.2, 0) is 0 Å². The Bertz CT molecular complexity index is 103. The maximum absolute atomic E-state index is 5.59. The molecule has 0 aromatic heterocycles. The molecule has 0 aliphatic heterocycles. The zero-order chi connectivity index (χ0) is 6.91. The first kappa shape index (κ1) is 14.0. The van der Waals surface area contributed by atoms with Gasteiger partial charge in [0, 0.05) is 6.54 Å². The number of halogens is 2. The summed E-state index contributed by atoms with van der Waals surface area (Å²) in [6.45, 7) is 2.04. The zero-order valence-corrected chi connectivity index (χ0v) is 8.80. The van der Waals surface area contributed by atoms with Crippen LogP contribution in [0, 0.1) is 5.41 Å². The Labute approximate surface area is 81.3 Å². The van der Waals surface area contributed by atoms with Gasteiger partial charge in [-0.1, -0.05) is 0 Å². The van der Waals surface area contributed by atoms with Crippen LogP contribution in [0.1, 0.15) is 12.8 Å². The highest BCUT2D eigenvalue weighted by atomic mass is 35.5. The normalized spacial score (nSPS) is 18.5. The first-order valence-corrected chi connectivity index (χ1v) is 3.53. The van der Waals surface area contributed by atoms with Crippen molar-refractivity contribution < 1.29 is 0 Å². The van der Waals surface area contributed by atoms with Gasteiger partial charge in [-0.05, 0) is 38.9 Å². The van der Waals surface area contributed by atoms with E-state index in [1.165, 1.54) is 19.4 Å². The van der Waals surface area contributed by atoms with Crippen molar-refractivity contribution in [1.29, 1.82) is 0 Å². The molecule has 1 saturated carbocycles. The van der Waals surface area contributed by atoms with Gasteiger partial charge < -0.3 is 10.6 Å². The molecule has 70 valence electrons. The van der Waals surface area contributed by atoms with Gasteiger partial charge in [0.15, 0.2) is 0 Å². The lowest BCUT2D eigenvalue weighted by atomic mass is 10.1. The van der Waals surface area contributed by atoms with E-state index in [2.05, 4.69) is 19.0 Å². The highest BCUT2D eigenvalue weighted by Gasteiger charge is 2.41. The van der Waals surface area contributed by atoms with Gasteiger partial charge in [-0.15, -0.1) is 24.8 Å². The molecule has 1 aliphatic rings. The van der Waals surface area contributed by atoms with Crippen molar-refractivity contribution in [3.05, 3.63) is 0 Å². The van der Waals surface area contributed by atoms with Crippen LogP contribution in [-0.4, -0.2) is 32.1 Å². The Morgan fingerprint density at radius 2 is 1.73 bits per heavy atom. The van der Waals surface area contributed by atoms with E-state index in [1.54, 1.807) is 0 Å². The van der Waals surface area contributed by atoms with Gasteiger partial charge in [-0.2, -0.15) is 0 Å². The van der Waals surface area contributed by atoms with Gasteiger partial charge in [0.25, 0.3) is 0 Å². The molecule has 1 rings (SSSR count). The van der Waals surface area contributed by atoms with E-state index in [9.17, 15) is 0 Å². The van der Waals surface area contributed by atoms with Crippen molar-refractivity contribution in [3.8, 4) is 0 Å². The first-order valence-electron chi connectivity index (χ1n) is 3.53. The van der Waals surface area contributed by atoms with Crippen molar-refractivity contribution in [3.63, 3.8) is 0 Å². The van der Waals surface area contributed by atoms with Gasteiger partial charge in [0.2, 0.25) is 0 Å². The van der Waals surface area contributed by atoms with Crippen LogP contribution in [0.2, 0.25) is 0 Å². The summed E-state index contributed by atoms with van der Waals surface area (Å²) < 4.78 is 0. The van der Waals surface area contributed by atoms with Crippen molar-refractivity contribution in [1.82, 2.24) is 4.90 Å². The smallest absolute Gasteiger partial charge is 0.00440 e. The molecular formula is C7H18Cl2N2. The predicted molar refractivity (Wildman–Crippen MR) is 53.8 cm³/mol. The first-order chi connectivity index (χ1) is 4.18. The quantitative estimate of drug-likeness (QED) is 0.741. The highest BCUT2D eigenvalue weighted by molar-refractivity contribution is 5.85. The van der Waals surface area contributed by atoms with E-state index in [4.69, 9.17) is 5.73 Å². The molecule has 2 N–H and O–H groups in total. The zero-order valence-electron chi connectivity index (χ0n) is 7.17. The summed E-state index contributed by atoms with van der Waals surface area (Å²) >= 11 is 0. The number of nitrogens with two attached hydrogens (primary N) is 1. The summed E-state index contributed by atoms with van der Waals surface area (Å²) in [4.78, 5) is 2.22. The molecule has 4 heteroatoms. The molecule has 0 aromatic carbocycles. The molecule has 0 amide bonds. The van der Waals surface area contributed by atoms with E-state index >= 15 is 0 Å². The fourth-order valence-electron chi connectivity index (χ4n) is 1.27. The Morgan fingerprint density at radius 1 is 1.27 bits per heavy atom. The van der Waals surface area contributed by atoms with E-state index < -0.39 is 0 Å². The third-order valence-electron chi connectivity index (χ3n) is 2.04. The van der Waals surface area contributed by atoms with E-state index in [1.807, 2.05) is 0 Å². The maximum Gasteiger partial charge on any atom is 0.00440 e. The minimum atomic E-state index is 0. The second-order valence-corrected chi connectivity index (χ2v) is 3.44. The molecule has 0 unspecified atom stereocenters. The van der Waals surface area contributed by atoms with Gasteiger partial charge in [-0.3, -0.25) is 0 Å². The Morgan fingerprint density at radius 3 is 1.82 bits per heavy atom. The van der Waals surface area contributed by atoms with Gasteiger partial charge in [0.05, 0.1) is 0 Å². The molecule has 2 nitrogen and oxygen atoms in total. The van der Waals surface area contributed by atoms with Crippen LogP contribution in [0.4, 0.5) is 0 Å². The molecule has 0 aromatic rings. The fourth-order valence-corrected chi connectivity index (χ4v) is 1.27. The second kappa shape index (κ2) is 5.20. The maximum atomic E-state index is 5.59. The lowest BCUT2D eigenvalue weighted by molar-refractivity contribution is 0.314. The Hall–Kier alpha value is 0.500. The second-order valence-electron chi connectivity index (χ2n) is 3.44. The van der Waals surface area contributed by atoms with Crippen molar-refractivity contribution >= 4 is 24.8 Å². The van der Waals surface area contributed by atoms with Gasteiger partial charge in [-0.25, -0.2) is 0 Å². The lowest BCUT2D eigenvalue weighted by Crippen LogP contribution is -2.28. The minimum absolute atomic E-state index is 0. The lowest BCUT2D eigenvalue weighted by Gasteiger charge is -2.17. The molecule has 0 spiro atoms. The average Bonchev–Trinajstić information content (AvgIpc) is 2.48. The number of rotatable bonds is 3. The summed E-state index contributed by atoms with van der Waals surface area (Å²) in [7, 11) is 4.21. The third-order valence-corrected chi connectivity index (χ3v) is 2.04. The monoisotopic (exact) mass is 200 g/mol. The van der Waals surface area contributed by atoms with E-state index in [0.717, 1.165) is 6.54 Å². The number of nitrogens with zero attached hydrogens (tertiary/aromatic N) is 1. The van der Waals surface area contributed by atoms with Crippen LogP contribution in [0.3, 0.4) is 0 Å². The van der Waals surface area contributed by atoms with Gasteiger partial charge >= 0.3 is 0 Å². The SMILES string of the molecule is CN(C)CC1(CN)CC1.Cl.Cl. The van der Waals surface area contributed by atoms with Crippen LogP contribution < -0.4 is 5.73 Å². The number of hydrogen-bond acceptors (Lipinski definition) is 2. The molecule has 1 aliphatic carbocycles. The van der Waals surface area contributed by atoms with Crippen LogP contribution in [0.15, 0.2) is 0 Å². The predicted octanol–water partition coefficient (Wildman–Crippen LogP) is 1.13. The summed E-state index contributed by atoms with van der Waals surface area (Å²) in [5.41, 5.74) is 6.11. The van der Waals surface area contributed by atoms with Crippen molar-refractivity contribution in [2.75, 3.05) is 27.2 Å². The van der Waals surface area contributed by atoms with Crippen LogP contribution in [0.25, 0.3) is 0 Å². The van der Waals surface area contributed by atoms with E-state index in [-0.39, 0.29) is 24.8 Å². The summed E-state index contributed by atoms with van der Waals surface area (Å²) in [5, 5.41) is 0. The summed E-state index contributed by atoms with van der Waals surface area (Å²) in [5.74, 6) is 0. The third kappa shape index (κ3) is 4.16. The molecule has 0 bridgehead atoms. The van der Waals surface area contributed by atoms with Gasteiger partial charge in [0.1, 0.15) is 0 Å². The van der Waals surface area contributed by atoms with Crippen molar-refractivity contribution in [2.24, 2.45) is 11.1 Å². The molecule has 0 radical (unpaired) electrons. The summed E-state index contributed by atoms with van der Waals surface area (Å²) in [6.07, 6.45) is 2.67. The molecular weight excluding hydrogens is 183 g/mol. The molecule has 0 atom stereocenters. The summed E-state index contributed by atoms with van der Waals surface area (Å²) in [6, 6.07) is 0. The highest BCUT2D eigenvalue weighted by Crippen LogP contribution is 2.44. The minimum Gasteiger partial charge on any atom is -0.330 e. The topological polar surface area (TPSA) is 29.3 Å². The van der Waals surface area contributed by atoms with Crippen LogP contribution in [0.5, 0.6) is 0 Å². The standard InChI is InChI=1S/C7H16N2.2ClH/c1-9(2)6-7(5-8)3-4-7;;/h3-6,8H2,1-2H3;2*1H. The molecule has 0 heterocycles. The fraction of sp³-hybridized carbons (Fsp3) is 1.00. The average molecular weight is 201 g/mol. The number of hydrogen-bond donors (Lipinski definition) is 1. The molecule has 1 fully saturated rings. The molecule has 0 saturated heterocycles. The van der Waals surface area contributed by atoms with Crippen LogP contribution >= 0.6 is 24.8 Å². The largest absolute Gasteiger partial charge is 0.330 e.